The summed E-state index contributed by atoms with van der Waals surface area (Å²) in [5.41, 5.74) is 0.684. The lowest BCUT2D eigenvalue weighted by Crippen LogP contribution is -2.43. The number of nitriles is 1. The number of rotatable bonds is 3. The van der Waals surface area contributed by atoms with Crippen LogP contribution in [0.4, 0.5) is 5.82 Å². The van der Waals surface area contributed by atoms with Crippen LogP contribution in [0.25, 0.3) is 0 Å². The van der Waals surface area contributed by atoms with Crippen LogP contribution in [0, 0.1) is 18.3 Å². The zero-order chi connectivity index (χ0) is 11.8. The zero-order valence-electron chi connectivity index (χ0n) is 9.62. The van der Waals surface area contributed by atoms with Crippen LogP contribution in [-0.2, 0) is 7.05 Å². The third-order valence-corrected chi connectivity index (χ3v) is 3.20. The van der Waals surface area contributed by atoms with Crippen molar-refractivity contribution in [3.8, 4) is 6.07 Å². The average molecular weight is 220 g/mol. The smallest absolute Gasteiger partial charge is 0.142 e. The highest BCUT2D eigenvalue weighted by molar-refractivity contribution is 5.55. The second-order valence-electron chi connectivity index (χ2n) is 4.48. The van der Waals surface area contributed by atoms with E-state index in [2.05, 4.69) is 16.5 Å². The van der Waals surface area contributed by atoms with Gasteiger partial charge in [-0.3, -0.25) is 4.68 Å². The number of aliphatic hydroxyl groups is 1. The molecule has 0 aromatic carbocycles. The molecule has 1 aliphatic carbocycles. The van der Waals surface area contributed by atoms with E-state index in [4.69, 9.17) is 5.26 Å². The van der Waals surface area contributed by atoms with Crippen molar-refractivity contribution in [2.24, 2.45) is 7.05 Å². The quantitative estimate of drug-likeness (QED) is 0.794. The Balaban J connectivity index is 2.12. The van der Waals surface area contributed by atoms with Gasteiger partial charge in [0.05, 0.1) is 11.3 Å². The molecule has 5 heteroatoms. The molecular weight excluding hydrogens is 204 g/mol. The minimum Gasteiger partial charge on any atom is -0.388 e. The molecule has 1 saturated carbocycles. The molecule has 1 heterocycles. The van der Waals surface area contributed by atoms with E-state index >= 15 is 0 Å². The van der Waals surface area contributed by atoms with Crippen LogP contribution in [0.1, 0.15) is 30.5 Å². The van der Waals surface area contributed by atoms with Gasteiger partial charge < -0.3 is 10.4 Å². The van der Waals surface area contributed by atoms with Gasteiger partial charge in [0.15, 0.2) is 0 Å². The minimum atomic E-state index is -0.592. The summed E-state index contributed by atoms with van der Waals surface area (Å²) in [5.74, 6) is 0.695. The third kappa shape index (κ3) is 1.76. The molecular formula is C11H16N4O. The zero-order valence-corrected chi connectivity index (χ0v) is 9.62. The van der Waals surface area contributed by atoms with Crippen LogP contribution in [-0.4, -0.2) is 27.0 Å². The van der Waals surface area contributed by atoms with Gasteiger partial charge in [0.1, 0.15) is 17.5 Å². The van der Waals surface area contributed by atoms with Gasteiger partial charge in [-0.1, -0.05) is 0 Å². The van der Waals surface area contributed by atoms with Crippen molar-refractivity contribution in [3.05, 3.63) is 11.3 Å². The Morgan fingerprint density at radius 1 is 1.62 bits per heavy atom. The molecule has 1 aromatic rings. The maximum Gasteiger partial charge on any atom is 0.142 e. The summed E-state index contributed by atoms with van der Waals surface area (Å²) >= 11 is 0. The number of nitrogens with one attached hydrogen (secondary N) is 1. The molecule has 16 heavy (non-hydrogen) atoms. The van der Waals surface area contributed by atoms with Crippen molar-refractivity contribution in [2.45, 2.75) is 31.8 Å². The van der Waals surface area contributed by atoms with Crippen LogP contribution >= 0.6 is 0 Å². The van der Waals surface area contributed by atoms with Crippen LogP contribution in [0.2, 0.25) is 0 Å². The molecule has 5 nitrogen and oxygen atoms in total. The Kier molecular flexibility index (Phi) is 2.60. The number of aryl methyl sites for hydroxylation is 2. The molecule has 0 amide bonds. The summed E-state index contributed by atoms with van der Waals surface area (Å²) in [6, 6.07) is 2.13. The van der Waals surface area contributed by atoms with Crippen molar-refractivity contribution in [1.82, 2.24) is 9.78 Å². The average Bonchev–Trinajstić information content (AvgIpc) is 2.47. The standard InChI is InChI=1S/C11H16N4O/c1-8-9(6-12)10(15(2)14-8)13-7-11(16)4-3-5-11/h13,16H,3-5,7H2,1-2H3. The van der Waals surface area contributed by atoms with E-state index in [0.717, 1.165) is 19.3 Å². The van der Waals surface area contributed by atoms with E-state index in [1.807, 2.05) is 6.92 Å². The van der Waals surface area contributed by atoms with Gasteiger partial charge in [-0.25, -0.2) is 0 Å². The Hall–Kier alpha value is -1.54. The van der Waals surface area contributed by atoms with Gasteiger partial charge in [-0.05, 0) is 26.2 Å². The Labute approximate surface area is 94.7 Å². The fraction of sp³-hybridized carbons (Fsp3) is 0.636. The fourth-order valence-corrected chi connectivity index (χ4v) is 2.00. The van der Waals surface area contributed by atoms with Gasteiger partial charge in [0.25, 0.3) is 0 Å². The van der Waals surface area contributed by atoms with Gasteiger partial charge in [0, 0.05) is 13.6 Å². The number of anilines is 1. The van der Waals surface area contributed by atoms with Crippen molar-refractivity contribution in [2.75, 3.05) is 11.9 Å². The maximum absolute atomic E-state index is 9.96. The Morgan fingerprint density at radius 3 is 2.81 bits per heavy atom. The van der Waals surface area contributed by atoms with Crippen LogP contribution < -0.4 is 5.32 Å². The van der Waals surface area contributed by atoms with Gasteiger partial charge in [-0.2, -0.15) is 10.4 Å². The molecule has 0 saturated heterocycles. The first-order valence-corrected chi connectivity index (χ1v) is 5.46. The van der Waals surface area contributed by atoms with Crippen LogP contribution in [0.3, 0.4) is 0 Å². The molecule has 86 valence electrons. The SMILES string of the molecule is Cc1nn(C)c(NCC2(O)CCC2)c1C#N. The first-order valence-electron chi connectivity index (χ1n) is 5.46. The molecule has 1 aliphatic rings. The largest absolute Gasteiger partial charge is 0.388 e. The molecule has 0 unspecified atom stereocenters. The van der Waals surface area contributed by atoms with Crippen LogP contribution in [0.5, 0.6) is 0 Å². The molecule has 1 fully saturated rings. The van der Waals surface area contributed by atoms with Gasteiger partial charge in [-0.15, -0.1) is 0 Å². The van der Waals surface area contributed by atoms with Crippen molar-refractivity contribution in [1.29, 1.82) is 5.26 Å². The third-order valence-electron chi connectivity index (χ3n) is 3.20. The summed E-state index contributed by atoms with van der Waals surface area (Å²) in [7, 11) is 1.79. The lowest BCUT2D eigenvalue weighted by molar-refractivity contribution is -0.0203. The predicted molar refractivity (Wildman–Crippen MR) is 60.0 cm³/mol. The predicted octanol–water partition coefficient (Wildman–Crippen LogP) is 0.927. The summed E-state index contributed by atoms with van der Waals surface area (Å²) in [5, 5.41) is 26.3. The lowest BCUT2D eigenvalue weighted by atomic mass is 9.80. The number of aromatic nitrogens is 2. The molecule has 2 rings (SSSR count). The van der Waals surface area contributed by atoms with E-state index in [9.17, 15) is 5.11 Å². The van der Waals surface area contributed by atoms with Crippen molar-refractivity contribution >= 4 is 5.82 Å². The molecule has 2 N–H and O–H groups in total. The van der Waals surface area contributed by atoms with E-state index in [1.165, 1.54) is 0 Å². The molecule has 0 atom stereocenters. The normalized spacial score (nSPS) is 17.6. The second kappa shape index (κ2) is 3.80. The second-order valence-corrected chi connectivity index (χ2v) is 4.48. The summed E-state index contributed by atoms with van der Waals surface area (Å²) in [6.45, 7) is 2.29. The lowest BCUT2D eigenvalue weighted by Gasteiger charge is -2.36. The van der Waals surface area contributed by atoms with Crippen molar-refractivity contribution < 1.29 is 5.11 Å². The number of hydrogen-bond acceptors (Lipinski definition) is 4. The molecule has 1 aromatic heterocycles. The Morgan fingerprint density at radius 2 is 2.31 bits per heavy atom. The van der Waals surface area contributed by atoms with Gasteiger partial charge >= 0.3 is 0 Å². The fourth-order valence-electron chi connectivity index (χ4n) is 2.00. The highest BCUT2D eigenvalue weighted by Gasteiger charge is 2.34. The topological polar surface area (TPSA) is 73.9 Å². The number of nitrogens with zero attached hydrogens (tertiary/aromatic N) is 3. The maximum atomic E-state index is 9.96. The van der Waals surface area contributed by atoms with E-state index < -0.39 is 5.60 Å². The van der Waals surface area contributed by atoms with E-state index in [0.29, 0.717) is 23.6 Å². The molecule has 0 spiro atoms. The molecule has 0 radical (unpaired) electrons. The summed E-state index contributed by atoms with van der Waals surface area (Å²) in [4.78, 5) is 0. The minimum absolute atomic E-state index is 0.487. The molecule has 0 aliphatic heterocycles. The molecule has 0 bridgehead atoms. The van der Waals surface area contributed by atoms with Gasteiger partial charge in [0.2, 0.25) is 0 Å². The first kappa shape index (κ1) is 11.0. The van der Waals surface area contributed by atoms with Crippen LogP contribution in [0.15, 0.2) is 0 Å². The number of hydrogen-bond donors (Lipinski definition) is 2. The highest BCUT2D eigenvalue weighted by Crippen LogP contribution is 2.32. The summed E-state index contributed by atoms with van der Waals surface area (Å²) in [6.07, 6.45) is 2.74. The Bertz CT molecular complexity index is 440. The first-order chi connectivity index (χ1) is 7.56. The van der Waals surface area contributed by atoms with Crippen molar-refractivity contribution in [3.63, 3.8) is 0 Å². The summed E-state index contributed by atoms with van der Waals surface area (Å²) < 4.78 is 1.65. The van der Waals surface area contributed by atoms with E-state index in [1.54, 1.807) is 11.7 Å². The highest BCUT2D eigenvalue weighted by atomic mass is 16.3. The monoisotopic (exact) mass is 220 g/mol. The van der Waals surface area contributed by atoms with E-state index in [-0.39, 0.29) is 0 Å².